The van der Waals surface area contributed by atoms with E-state index in [2.05, 4.69) is 4.90 Å². The Bertz CT molecular complexity index is 1360. The molecule has 0 unspecified atom stereocenters. The minimum absolute atomic E-state index is 0.122. The van der Waals surface area contributed by atoms with Crippen LogP contribution in [0.4, 0.5) is 5.82 Å². The van der Waals surface area contributed by atoms with Crippen LogP contribution in [0, 0.1) is 6.92 Å². The molecule has 8 nitrogen and oxygen atoms in total. The second-order valence-corrected chi connectivity index (χ2v) is 10.1. The molecule has 9 heteroatoms. The van der Waals surface area contributed by atoms with E-state index in [0.29, 0.717) is 12.5 Å². The molecule has 180 valence electrons. The van der Waals surface area contributed by atoms with Crippen LogP contribution in [0.3, 0.4) is 0 Å². The van der Waals surface area contributed by atoms with Crippen LogP contribution >= 0.6 is 11.3 Å². The van der Waals surface area contributed by atoms with E-state index in [0.717, 1.165) is 83.6 Å². The fourth-order valence-corrected chi connectivity index (χ4v) is 5.41. The summed E-state index contributed by atoms with van der Waals surface area (Å²) in [7, 11) is 1.67. The first-order valence-electron chi connectivity index (χ1n) is 12.1. The maximum atomic E-state index is 13.0. The van der Waals surface area contributed by atoms with Crippen LogP contribution in [-0.4, -0.2) is 63.8 Å². The van der Waals surface area contributed by atoms with Gasteiger partial charge in [-0.1, -0.05) is 6.07 Å². The van der Waals surface area contributed by atoms with Gasteiger partial charge in [0.2, 0.25) is 0 Å². The van der Waals surface area contributed by atoms with Gasteiger partial charge in [-0.05, 0) is 61.9 Å². The molecule has 1 aromatic carbocycles. The number of anilines is 1. The second kappa shape index (κ2) is 8.96. The van der Waals surface area contributed by atoms with Crippen LogP contribution < -0.4 is 9.64 Å². The van der Waals surface area contributed by atoms with Crippen molar-refractivity contribution in [2.45, 2.75) is 32.1 Å². The van der Waals surface area contributed by atoms with Crippen molar-refractivity contribution in [2.24, 2.45) is 0 Å². The summed E-state index contributed by atoms with van der Waals surface area (Å²) in [6, 6.07) is 11.7. The highest BCUT2D eigenvalue weighted by molar-refractivity contribution is 7.12. The Labute approximate surface area is 208 Å². The van der Waals surface area contributed by atoms with Crippen LogP contribution in [0.25, 0.3) is 16.7 Å². The smallest absolute Gasteiger partial charge is 0.263 e. The van der Waals surface area contributed by atoms with Gasteiger partial charge in [0.15, 0.2) is 5.65 Å². The van der Waals surface area contributed by atoms with E-state index in [1.54, 1.807) is 7.11 Å². The number of methoxy groups -OCH3 is 1. The second-order valence-electron chi connectivity index (χ2n) is 9.18. The maximum absolute atomic E-state index is 13.0. The molecule has 1 amide bonds. The Morgan fingerprint density at radius 3 is 2.60 bits per heavy atom. The fourth-order valence-electron chi connectivity index (χ4n) is 4.72. The highest BCUT2D eigenvalue weighted by Gasteiger charge is 2.31. The van der Waals surface area contributed by atoms with Gasteiger partial charge in [0.25, 0.3) is 5.91 Å². The van der Waals surface area contributed by atoms with Crippen LogP contribution in [0.2, 0.25) is 0 Å². The average molecular weight is 489 g/mol. The zero-order chi connectivity index (χ0) is 23.9. The molecule has 1 saturated heterocycles. The molecule has 0 N–H and O–H groups in total. The lowest BCUT2D eigenvalue weighted by Crippen LogP contribution is -2.35. The molecule has 1 aliphatic heterocycles. The molecule has 4 heterocycles. The number of rotatable bonds is 5. The van der Waals surface area contributed by atoms with Gasteiger partial charge in [-0.25, -0.2) is 14.6 Å². The van der Waals surface area contributed by atoms with E-state index in [1.807, 2.05) is 58.3 Å². The van der Waals surface area contributed by atoms with Crippen molar-refractivity contribution in [3.63, 3.8) is 0 Å². The van der Waals surface area contributed by atoms with E-state index in [-0.39, 0.29) is 5.91 Å². The summed E-state index contributed by atoms with van der Waals surface area (Å²) in [5, 5.41) is 7.82. The number of thiophene rings is 1. The molecule has 3 aromatic heterocycles. The van der Waals surface area contributed by atoms with Crippen LogP contribution in [0.5, 0.6) is 5.75 Å². The maximum Gasteiger partial charge on any atom is 0.263 e. The van der Waals surface area contributed by atoms with E-state index < -0.39 is 0 Å². The Morgan fingerprint density at radius 2 is 1.89 bits per heavy atom. The van der Waals surface area contributed by atoms with Crippen molar-refractivity contribution in [3.05, 3.63) is 58.2 Å². The number of hydrogen-bond acceptors (Lipinski definition) is 7. The number of aryl methyl sites for hydroxylation is 1. The minimum Gasteiger partial charge on any atom is -0.497 e. The molecule has 35 heavy (non-hydrogen) atoms. The van der Waals surface area contributed by atoms with Crippen molar-refractivity contribution in [2.75, 3.05) is 38.2 Å². The SMILES string of the molecule is COc1ccc(-n2nc(C)c3c(N4CCCN(C(=O)c5cccs5)CC4)nc(C4CC4)nc32)cc1. The number of benzene rings is 1. The molecular formula is C26H28N6O2S. The van der Waals surface area contributed by atoms with Gasteiger partial charge in [0.1, 0.15) is 17.4 Å². The molecule has 0 spiro atoms. The topological polar surface area (TPSA) is 76.4 Å². The van der Waals surface area contributed by atoms with Gasteiger partial charge in [0, 0.05) is 32.1 Å². The Balaban J connectivity index is 1.37. The van der Waals surface area contributed by atoms with Gasteiger partial charge in [-0.2, -0.15) is 5.10 Å². The predicted molar refractivity (Wildman–Crippen MR) is 137 cm³/mol. The van der Waals surface area contributed by atoms with E-state index in [4.69, 9.17) is 19.8 Å². The first kappa shape index (κ1) is 22.0. The summed E-state index contributed by atoms with van der Waals surface area (Å²) in [5.74, 6) is 3.19. The Morgan fingerprint density at radius 1 is 1.06 bits per heavy atom. The van der Waals surface area contributed by atoms with Crippen LogP contribution in [0.15, 0.2) is 41.8 Å². The van der Waals surface area contributed by atoms with E-state index in [9.17, 15) is 4.79 Å². The van der Waals surface area contributed by atoms with E-state index >= 15 is 0 Å². The van der Waals surface area contributed by atoms with Crippen molar-refractivity contribution in [3.8, 4) is 11.4 Å². The molecule has 1 aliphatic carbocycles. The molecule has 0 bridgehead atoms. The summed E-state index contributed by atoms with van der Waals surface area (Å²) < 4.78 is 7.25. The normalized spacial score (nSPS) is 16.5. The number of aromatic nitrogens is 4. The molecule has 0 radical (unpaired) electrons. The number of nitrogens with zero attached hydrogens (tertiary/aromatic N) is 6. The lowest BCUT2D eigenvalue weighted by molar-refractivity contribution is 0.0772. The van der Waals surface area contributed by atoms with Gasteiger partial charge < -0.3 is 14.5 Å². The number of ether oxygens (including phenoxy) is 1. The molecule has 2 aliphatic rings. The van der Waals surface area contributed by atoms with Gasteiger partial charge in [0.05, 0.1) is 28.8 Å². The fraction of sp³-hybridized carbons (Fsp3) is 0.385. The molecular weight excluding hydrogens is 460 g/mol. The lowest BCUT2D eigenvalue weighted by atomic mass is 10.2. The Hall–Kier alpha value is -3.46. The molecule has 6 rings (SSSR count). The predicted octanol–water partition coefficient (Wildman–Crippen LogP) is 4.42. The monoisotopic (exact) mass is 488 g/mol. The first-order valence-corrected chi connectivity index (χ1v) is 13.0. The quantitative estimate of drug-likeness (QED) is 0.414. The summed E-state index contributed by atoms with van der Waals surface area (Å²) in [4.78, 5) is 28.1. The van der Waals surface area contributed by atoms with Crippen molar-refractivity contribution in [1.29, 1.82) is 0 Å². The third kappa shape index (κ3) is 4.14. The number of fused-ring (bicyclic) bond motifs is 1. The summed E-state index contributed by atoms with van der Waals surface area (Å²) >= 11 is 1.50. The van der Waals surface area contributed by atoms with Gasteiger partial charge in [-0.3, -0.25) is 4.79 Å². The third-order valence-electron chi connectivity index (χ3n) is 6.77. The minimum atomic E-state index is 0.122. The van der Waals surface area contributed by atoms with Crippen molar-refractivity contribution >= 4 is 34.1 Å². The number of carbonyl (C=O) groups is 1. The molecule has 4 aromatic rings. The molecule has 2 fully saturated rings. The summed E-state index contributed by atoms with van der Waals surface area (Å²) in [5.41, 5.74) is 2.69. The van der Waals surface area contributed by atoms with Gasteiger partial charge >= 0.3 is 0 Å². The number of hydrogen-bond donors (Lipinski definition) is 0. The lowest BCUT2D eigenvalue weighted by Gasteiger charge is -2.24. The Kier molecular flexibility index (Phi) is 5.64. The van der Waals surface area contributed by atoms with Gasteiger partial charge in [-0.15, -0.1) is 11.3 Å². The van der Waals surface area contributed by atoms with Crippen LogP contribution in [-0.2, 0) is 0 Å². The number of amides is 1. The largest absolute Gasteiger partial charge is 0.497 e. The highest BCUT2D eigenvalue weighted by Crippen LogP contribution is 2.40. The first-order chi connectivity index (χ1) is 17.1. The van der Waals surface area contributed by atoms with Crippen molar-refractivity contribution < 1.29 is 9.53 Å². The third-order valence-corrected chi connectivity index (χ3v) is 7.63. The average Bonchev–Trinajstić information content (AvgIpc) is 3.57. The highest BCUT2D eigenvalue weighted by atomic mass is 32.1. The molecule has 0 atom stereocenters. The summed E-state index contributed by atoms with van der Waals surface area (Å²) in [6.07, 6.45) is 3.15. The summed E-state index contributed by atoms with van der Waals surface area (Å²) in [6.45, 7) is 5.03. The number of carbonyl (C=O) groups excluding carboxylic acids is 1. The van der Waals surface area contributed by atoms with Crippen molar-refractivity contribution in [1.82, 2.24) is 24.6 Å². The molecule has 1 saturated carbocycles. The zero-order valence-corrected chi connectivity index (χ0v) is 20.8. The standard InChI is InChI=1S/C26H28N6O2S/c1-17-22-24(30-12-4-13-31(15-14-30)26(33)21-5-3-16-35-21)27-23(18-6-7-18)28-25(22)32(29-17)19-8-10-20(34-2)11-9-19/h3,5,8-11,16,18H,4,6-7,12-15H2,1-2H3. The van der Waals surface area contributed by atoms with Crippen LogP contribution in [0.1, 0.15) is 46.4 Å². The van der Waals surface area contributed by atoms with E-state index in [1.165, 1.54) is 11.3 Å². The zero-order valence-electron chi connectivity index (χ0n) is 20.0.